The zero-order valence-corrected chi connectivity index (χ0v) is 11.7. The van der Waals surface area contributed by atoms with Crippen LogP contribution in [0.25, 0.3) is 0 Å². The van der Waals surface area contributed by atoms with E-state index in [1.165, 1.54) is 0 Å². The summed E-state index contributed by atoms with van der Waals surface area (Å²) in [6.07, 6.45) is -0.723. The molecule has 0 amide bonds. The second-order valence-electron chi connectivity index (χ2n) is 2.99. The average Bonchev–Trinajstić information content (AvgIpc) is 2.29. The van der Waals surface area contributed by atoms with Crippen molar-refractivity contribution in [3.63, 3.8) is 0 Å². The third-order valence-electron chi connectivity index (χ3n) is 2.06. The van der Waals surface area contributed by atoms with Crippen LogP contribution in [-0.2, 0) is 18.9 Å². The molecule has 0 aromatic rings. The molecule has 0 atom stereocenters. The fourth-order valence-corrected chi connectivity index (χ4v) is 1.39. The molecule has 0 aliphatic carbocycles. The third-order valence-corrected chi connectivity index (χ3v) is 2.60. The lowest BCUT2D eigenvalue weighted by molar-refractivity contribution is -0.132. The first-order chi connectivity index (χ1) is 7.58. The molecule has 5 nitrogen and oxygen atoms in total. The maximum atomic E-state index is 5.09. The van der Waals surface area contributed by atoms with Crippen molar-refractivity contribution in [2.75, 3.05) is 41.5 Å². The van der Waals surface area contributed by atoms with Gasteiger partial charge in [0.15, 0.2) is 12.6 Å². The summed E-state index contributed by atoms with van der Waals surface area (Å²) in [4.78, 5) is 1.79. The van der Waals surface area contributed by atoms with Gasteiger partial charge >= 0.3 is 0 Å². The van der Waals surface area contributed by atoms with Gasteiger partial charge in [-0.3, -0.25) is 0 Å². The smallest absolute Gasteiger partial charge is 0.174 e. The molecule has 0 aromatic carbocycles. The van der Waals surface area contributed by atoms with E-state index in [1.807, 2.05) is 0 Å². The number of rotatable bonds is 8. The van der Waals surface area contributed by atoms with Gasteiger partial charge in [-0.15, -0.1) is 12.6 Å². The molecule has 0 bridgehead atoms. The van der Waals surface area contributed by atoms with Crippen molar-refractivity contribution in [3.05, 3.63) is 0 Å². The first-order valence-corrected chi connectivity index (χ1v) is 5.53. The first kappa shape index (κ1) is 16.1. The number of ether oxygens (including phenoxy) is 4. The lowest BCUT2D eigenvalue weighted by atomic mass is 10.5. The largest absolute Gasteiger partial charge is 0.354 e. The van der Waals surface area contributed by atoms with Crippen molar-refractivity contribution in [1.29, 1.82) is 0 Å². The minimum absolute atomic E-state index is 0.362. The fraction of sp³-hybridized carbons (Fsp3) is 0.889. The Bertz CT molecular complexity index is 184. The minimum atomic E-state index is -0.362. The van der Waals surface area contributed by atoms with Crippen molar-refractivity contribution in [3.8, 4) is 0 Å². The van der Waals surface area contributed by atoms with Gasteiger partial charge in [-0.05, 0) is 0 Å². The molecule has 16 heavy (non-hydrogen) atoms. The SMILES string of the molecule is COC(CN(CC(OC)OC)C(=S)S)OC. The quantitative estimate of drug-likeness (QED) is 0.398. The number of hydrogen-bond donors (Lipinski definition) is 1. The zero-order valence-electron chi connectivity index (χ0n) is 10.0. The summed E-state index contributed by atoms with van der Waals surface area (Å²) in [6, 6.07) is 0. The van der Waals surface area contributed by atoms with E-state index in [2.05, 4.69) is 12.6 Å². The number of thiocarbonyl (C=S) groups is 1. The lowest BCUT2D eigenvalue weighted by Crippen LogP contribution is -2.41. The Kier molecular flexibility index (Phi) is 9.19. The highest BCUT2D eigenvalue weighted by molar-refractivity contribution is 8.10. The molecule has 0 fully saturated rings. The Morgan fingerprint density at radius 2 is 1.31 bits per heavy atom. The molecule has 0 N–H and O–H groups in total. The van der Waals surface area contributed by atoms with Gasteiger partial charge in [0.05, 0.1) is 13.1 Å². The van der Waals surface area contributed by atoms with Gasteiger partial charge in [0.2, 0.25) is 0 Å². The molecule has 0 spiro atoms. The van der Waals surface area contributed by atoms with Crippen molar-refractivity contribution < 1.29 is 18.9 Å². The molecular formula is C9H19NO4S2. The molecule has 7 heteroatoms. The standard InChI is InChI=1S/C9H19NO4S2/c1-11-7(12-2)5-10(9(15)16)6-8(13-3)14-4/h7-8H,5-6H2,1-4H3,(H,15,16). The average molecular weight is 269 g/mol. The van der Waals surface area contributed by atoms with Gasteiger partial charge in [-0.1, -0.05) is 12.2 Å². The predicted octanol–water partition coefficient (Wildman–Crippen LogP) is 0.741. The Morgan fingerprint density at radius 1 is 1.00 bits per heavy atom. The van der Waals surface area contributed by atoms with Crippen LogP contribution in [0.3, 0.4) is 0 Å². The van der Waals surface area contributed by atoms with Crippen LogP contribution in [0, 0.1) is 0 Å². The van der Waals surface area contributed by atoms with E-state index >= 15 is 0 Å². The van der Waals surface area contributed by atoms with E-state index in [9.17, 15) is 0 Å². The minimum Gasteiger partial charge on any atom is -0.354 e. The molecule has 0 radical (unpaired) electrons. The zero-order chi connectivity index (χ0) is 12.6. The summed E-state index contributed by atoms with van der Waals surface area (Å²) in [5.74, 6) is 0. The van der Waals surface area contributed by atoms with Gasteiger partial charge in [-0.2, -0.15) is 0 Å². The van der Waals surface area contributed by atoms with E-state index in [4.69, 9.17) is 31.2 Å². The van der Waals surface area contributed by atoms with Crippen LogP contribution in [0.5, 0.6) is 0 Å². The summed E-state index contributed by atoms with van der Waals surface area (Å²) >= 11 is 9.15. The van der Waals surface area contributed by atoms with Crippen LogP contribution in [0.4, 0.5) is 0 Å². The number of nitrogens with zero attached hydrogens (tertiary/aromatic N) is 1. The normalized spacial score (nSPS) is 11.2. The fourth-order valence-electron chi connectivity index (χ4n) is 1.08. The van der Waals surface area contributed by atoms with Crippen LogP contribution in [0.1, 0.15) is 0 Å². The molecular weight excluding hydrogens is 250 g/mol. The Morgan fingerprint density at radius 3 is 1.50 bits per heavy atom. The molecule has 96 valence electrons. The molecule has 0 aromatic heterocycles. The monoisotopic (exact) mass is 269 g/mol. The van der Waals surface area contributed by atoms with Crippen LogP contribution < -0.4 is 0 Å². The Labute approximate surface area is 107 Å². The highest BCUT2D eigenvalue weighted by atomic mass is 32.1. The number of thiol groups is 1. The van der Waals surface area contributed by atoms with Crippen LogP contribution in [0.15, 0.2) is 0 Å². The van der Waals surface area contributed by atoms with E-state index in [1.54, 1.807) is 33.3 Å². The number of methoxy groups -OCH3 is 4. The van der Waals surface area contributed by atoms with Crippen molar-refractivity contribution >= 4 is 29.2 Å². The van der Waals surface area contributed by atoms with E-state index in [0.29, 0.717) is 17.4 Å². The highest BCUT2D eigenvalue weighted by Crippen LogP contribution is 2.05. The third kappa shape index (κ3) is 5.97. The van der Waals surface area contributed by atoms with Crippen LogP contribution >= 0.6 is 24.8 Å². The molecule has 0 aliphatic heterocycles. The Balaban J connectivity index is 4.31. The Hall–Kier alpha value is 0.0800. The van der Waals surface area contributed by atoms with E-state index in [0.717, 1.165) is 0 Å². The molecule has 0 aliphatic rings. The maximum Gasteiger partial charge on any atom is 0.174 e. The molecule has 0 rings (SSSR count). The summed E-state index contributed by atoms with van der Waals surface area (Å²) < 4.78 is 20.8. The molecule has 0 heterocycles. The summed E-state index contributed by atoms with van der Waals surface area (Å²) in [6.45, 7) is 0.942. The van der Waals surface area contributed by atoms with Crippen LogP contribution in [-0.4, -0.2) is 63.3 Å². The summed E-state index contributed by atoms with van der Waals surface area (Å²) in [5, 5.41) is 0. The van der Waals surface area contributed by atoms with E-state index < -0.39 is 0 Å². The van der Waals surface area contributed by atoms with Crippen molar-refractivity contribution in [2.45, 2.75) is 12.6 Å². The summed E-state index contributed by atoms with van der Waals surface area (Å²) in [5.41, 5.74) is 0. The summed E-state index contributed by atoms with van der Waals surface area (Å²) in [7, 11) is 6.27. The molecule has 0 saturated heterocycles. The van der Waals surface area contributed by atoms with Crippen molar-refractivity contribution in [1.82, 2.24) is 4.90 Å². The van der Waals surface area contributed by atoms with Gasteiger partial charge in [-0.25, -0.2) is 0 Å². The van der Waals surface area contributed by atoms with Gasteiger partial charge in [0, 0.05) is 28.4 Å². The second kappa shape index (κ2) is 9.15. The number of hydrogen-bond acceptors (Lipinski definition) is 5. The topological polar surface area (TPSA) is 40.2 Å². The maximum absolute atomic E-state index is 5.09. The molecule has 0 unspecified atom stereocenters. The van der Waals surface area contributed by atoms with Gasteiger partial charge < -0.3 is 23.8 Å². The molecule has 0 saturated carbocycles. The van der Waals surface area contributed by atoms with Crippen LogP contribution in [0.2, 0.25) is 0 Å². The second-order valence-corrected chi connectivity index (χ2v) is 4.10. The highest BCUT2D eigenvalue weighted by Gasteiger charge is 2.18. The lowest BCUT2D eigenvalue weighted by Gasteiger charge is -2.28. The van der Waals surface area contributed by atoms with Gasteiger partial charge in [0.25, 0.3) is 0 Å². The predicted molar refractivity (Wildman–Crippen MR) is 68.8 cm³/mol. The first-order valence-electron chi connectivity index (χ1n) is 4.68. The van der Waals surface area contributed by atoms with Crippen molar-refractivity contribution in [2.24, 2.45) is 0 Å². The van der Waals surface area contributed by atoms with Gasteiger partial charge in [0.1, 0.15) is 4.32 Å². The van der Waals surface area contributed by atoms with E-state index in [-0.39, 0.29) is 12.6 Å².